The fourth-order valence-corrected chi connectivity index (χ4v) is 6.33. The second kappa shape index (κ2) is 13.1. The Labute approximate surface area is 285 Å². The largest absolute Gasteiger partial charge is 0.365 e. The van der Waals surface area contributed by atoms with E-state index in [9.17, 15) is 4.79 Å². The molecule has 0 bridgehead atoms. The summed E-state index contributed by atoms with van der Waals surface area (Å²) in [5.41, 5.74) is 7.53. The van der Waals surface area contributed by atoms with Gasteiger partial charge in [-0.25, -0.2) is 19.9 Å². The van der Waals surface area contributed by atoms with Gasteiger partial charge in [0.1, 0.15) is 21.0 Å². The number of anilines is 4. The number of primary amides is 1. The maximum absolute atomic E-state index is 11.2. The topological polar surface area (TPSA) is 200 Å². The lowest BCUT2D eigenvalue weighted by Gasteiger charge is -2.05. The van der Waals surface area contributed by atoms with Crippen molar-refractivity contribution in [2.45, 2.75) is 37.5 Å². The van der Waals surface area contributed by atoms with Gasteiger partial charge in [-0.05, 0) is 49.9 Å². The average molecular weight is 704 g/mol. The first-order chi connectivity index (χ1) is 22.8. The van der Waals surface area contributed by atoms with E-state index in [1.165, 1.54) is 54.6 Å². The molecule has 1 amide bonds. The quantitative estimate of drug-likeness (QED) is 0.101. The Morgan fingerprint density at radius 2 is 1.34 bits per heavy atom. The molecule has 8 rings (SSSR count). The molecule has 2 fully saturated rings. The molecule has 0 aliphatic heterocycles. The van der Waals surface area contributed by atoms with Crippen molar-refractivity contribution in [1.82, 2.24) is 40.3 Å². The second-order valence-corrected chi connectivity index (χ2v) is 13.8. The predicted octanol–water partition coefficient (Wildman–Crippen LogP) is 7.38. The number of hydrogen-bond donors (Lipinski definition) is 5. The van der Waals surface area contributed by atoms with Gasteiger partial charge in [0, 0.05) is 35.4 Å². The number of nitriles is 1. The molecular formula is C30H24Cl2N12OS2. The molecule has 6 N–H and O–H groups in total. The fourth-order valence-electron chi connectivity index (χ4n) is 4.51. The third-order valence-corrected chi connectivity index (χ3v) is 9.85. The van der Waals surface area contributed by atoms with Crippen LogP contribution in [-0.2, 0) is 0 Å². The van der Waals surface area contributed by atoms with Crippen LogP contribution in [0, 0.1) is 11.3 Å². The third-order valence-electron chi connectivity index (χ3n) is 7.22. The van der Waals surface area contributed by atoms with E-state index in [1.54, 1.807) is 24.4 Å². The van der Waals surface area contributed by atoms with E-state index in [-0.39, 0.29) is 0 Å². The molecule has 47 heavy (non-hydrogen) atoms. The normalized spacial score (nSPS) is 13.8. The molecule has 236 valence electrons. The third kappa shape index (κ3) is 7.26. The van der Waals surface area contributed by atoms with Crippen molar-refractivity contribution >= 4 is 75.1 Å². The van der Waals surface area contributed by atoms with Crippen LogP contribution in [0.15, 0.2) is 48.8 Å². The standard InChI is InChI=1S/C15H13ClN6OS.C15H11ClN6S/c16-8-6-18-15(11-4-3-10(24-11)13(17)23)20-14(8)19-12-5-9(21-22-12)7-1-2-7;16-10-7-18-15(12-4-3-9(6-17)23-12)20-14(10)19-13-5-11(21-22-13)8-1-2-8/h3-7H,1-2H2,(H2,17,23)(H2,18,19,20,21,22);3-5,7-8H,1-2H2,(H2,18,19,20,21,22). The van der Waals surface area contributed by atoms with Crippen LogP contribution in [0.5, 0.6) is 0 Å². The summed E-state index contributed by atoms with van der Waals surface area (Å²) in [6.45, 7) is 0. The van der Waals surface area contributed by atoms with Crippen molar-refractivity contribution in [1.29, 1.82) is 5.26 Å². The minimum atomic E-state index is -0.470. The Hall–Kier alpha value is -4.88. The molecule has 0 unspecified atom stereocenters. The van der Waals surface area contributed by atoms with Gasteiger partial charge in [-0.15, -0.1) is 22.7 Å². The van der Waals surface area contributed by atoms with Crippen LogP contribution in [0.25, 0.3) is 21.4 Å². The van der Waals surface area contributed by atoms with Crippen molar-refractivity contribution in [2.24, 2.45) is 5.73 Å². The number of nitrogens with zero attached hydrogens (tertiary/aromatic N) is 7. The molecule has 0 atom stereocenters. The highest BCUT2D eigenvalue weighted by atomic mass is 35.5. The van der Waals surface area contributed by atoms with Crippen LogP contribution in [0.2, 0.25) is 10.0 Å². The Bertz CT molecular complexity index is 2120. The van der Waals surface area contributed by atoms with Gasteiger partial charge in [0.25, 0.3) is 5.91 Å². The highest BCUT2D eigenvalue weighted by Crippen LogP contribution is 2.41. The van der Waals surface area contributed by atoms with E-state index in [0.29, 0.717) is 66.6 Å². The summed E-state index contributed by atoms with van der Waals surface area (Å²) in [5, 5.41) is 30.5. The lowest BCUT2D eigenvalue weighted by molar-refractivity contribution is 0.100. The molecule has 0 radical (unpaired) electrons. The van der Waals surface area contributed by atoms with Crippen molar-refractivity contribution in [3.8, 4) is 27.5 Å². The molecule has 13 nitrogen and oxygen atoms in total. The first-order valence-corrected chi connectivity index (χ1v) is 16.8. The zero-order valence-corrected chi connectivity index (χ0v) is 27.4. The van der Waals surface area contributed by atoms with Crippen LogP contribution in [0.1, 0.15) is 63.5 Å². The zero-order chi connectivity index (χ0) is 32.5. The number of aromatic nitrogens is 8. The van der Waals surface area contributed by atoms with E-state index in [1.807, 2.05) is 18.2 Å². The number of halogens is 2. The predicted molar refractivity (Wildman–Crippen MR) is 182 cm³/mol. The number of hydrogen-bond acceptors (Lipinski definition) is 12. The number of H-pyrrole nitrogens is 2. The molecule has 6 heterocycles. The Kier molecular flexibility index (Phi) is 8.56. The molecule has 6 aromatic heterocycles. The first-order valence-electron chi connectivity index (χ1n) is 14.4. The lowest BCUT2D eigenvalue weighted by atomic mass is 10.3. The number of carbonyl (C=O) groups excluding carboxylic acids is 1. The number of thiophene rings is 2. The summed E-state index contributed by atoms with van der Waals surface area (Å²) in [6.07, 6.45) is 7.87. The summed E-state index contributed by atoms with van der Waals surface area (Å²) in [7, 11) is 0. The van der Waals surface area contributed by atoms with Crippen molar-refractivity contribution < 1.29 is 4.79 Å². The molecule has 6 aromatic rings. The maximum Gasteiger partial charge on any atom is 0.258 e. The summed E-state index contributed by atoms with van der Waals surface area (Å²) in [6, 6.07) is 13.1. The van der Waals surface area contributed by atoms with Gasteiger partial charge in [0.05, 0.1) is 27.0 Å². The minimum Gasteiger partial charge on any atom is -0.365 e. The monoisotopic (exact) mass is 702 g/mol. The first kappa shape index (κ1) is 30.8. The summed E-state index contributed by atoms with van der Waals surface area (Å²) >= 11 is 14.9. The molecule has 2 aliphatic rings. The lowest BCUT2D eigenvalue weighted by Crippen LogP contribution is -2.08. The molecular weight excluding hydrogens is 679 g/mol. The van der Waals surface area contributed by atoms with Crippen LogP contribution >= 0.6 is 45.9 Å². The number of nitrogens with two attached hydrogens (primary N) is 1. The van der Waals surface area contributed by atoms with Gasteiger partial charge in [-0.3, -0.25) is 15.0 Å². The summed E-state index contributed by atoms with van der Waals surface area (Å²) < 4.78 is 0. The zero-order valence-electron chi connectivity index (χ0n) is 24.3. The number of aromatic amines is 2. The van der Waals surface area contributed by atoms with E-state index in [4.69, 9.17) is 34.2 Å². The SMILES string of the molecule is N#Cc1ccc(-c2ncc(Cl)c(Nc3cc(C4CC4)[nH]n3)n2)s1.NC(=O)c1ccc(-c2ncc(Cl)c(Nc3cc(C4CC4)[nH]n3)n2)s1. The van der Waals surface area contributed by atoms with Gasteiger partial charge in [-0.1, -0.05) is 23.2 Å². The van der Waals surface area contributed by atoms with Crippen LogP contribution in [0.4, 0.5) is 23.3 Å². The molecule has 0 saturated heterocycles. The summed E-state index contributed by atoms with van der Waals surface area (Å²) in [4.78, 5) is 31.2. The van der Waals surface area contributed by atoms with E-state index in [0.717, 1.165) is 21.1 Å². The highest BCUT2D eigenvalue weighted by Gasteiger charge is 2.26. The molecule has 17 heteroatoms. The smallest absolute Gasteiger partial charge is 0.258 e. The van der Waals surface area contributed by atoms with Gasteiger partial charge < -0.3 is 16.4 Å². The van der Waals surface area contributed by atoms with Crippen molar-refractivity contribution in [3.63, 3.8) is 0 Å². The Morgan fingerprint density at radius 1 is 0.830 bits per heavy atom. The maximum atomic E-state index is 11.2. The minimum absolute atomic E-state index is 0.390. The van der Waals surface area contributed by atoms with Crippen molar-refractivity contribution in [3.05, 3.63) is 80.0 Å². The van der Waals surface area contributed by atoms with E-state index >= 15 is 0 Å². The number of amides is 1. The second-order valence-electron chi connectivity index (χ2n) is 10.8. The van der Waals surface area contributed by atoms with Crippen molar-refractivity contribution in [2.75, 3.05) is 10.6 Å². The number of rotatable bonds is 9. The van der Waals surface area contributed by atoms with E-state index < -0.39 is 5.91 Å². The number of carbonyl (C=O) groups is 1. The van der Waals surface area contributed by atoms with E-state index in [2.05, 4.69) is 57.0 Å². The van der Waals surface area contributed by atoms with Gasteiger partial charge in [-0.2, -0.15) is 15.5 Å². The molecule has 0 aromatic carbocycles. The highest BCUT2D eigenvalue weighted by molar-refractivity contribution is 7.17. The fraction of sp³-hybridized carbons (Fsp3) is 0.200. The summed E-state index contributed by atoms with van der Waals surface area (Å²) in [5.74, 6) is 4.02. The van der Waals surface area contributed by atoms with Gasteiger partial charge >= 0.3 is 0 Å². The number of nitrogens with one attached hydrogen (secondary N) is 4. The Morgan fingerprint density at radius 3 is 1.79 bits per heavy atom. The average Bonchev–Trinajstić information content (AvgIpc) is 3.83. The molecule has 0 spiro atoms. The van der Waals surface area contributed by atoms with Crippen LogP contribution in [0.3, 0.4) is 0 Å². The molecule has 2 aliphatic carbocycles. The van der Waals surface area contributed by atoms with Crippen LogP contribution < -0.4 is 16.4 Å². The van der Waals surface area contributed by atoms with Gasteiger partial charge in [0.2, 0.25) is 0 Å². The Balaban J connectivity index is 0.000000150. The van der Waals surface area contributed by atoms with Crippen LogP contribution in [-0.4, -0.2) is 46.2 Å². The molecule has 2 saturated carbocycles. The van der Waals surface area contributed by atoms with Gasteiger partial charge in [0.15, 0.2) is 34.9 Å².